The fraction of sp³-hybridized carbons (Fsp3) is 0.538. The summed E-state index contributed by atoms with van der Waals surface area (Å²) >= 11 is 5.86. The minimum absolute atomic E-state index is 0.155. The number of nitrogen functional groups attached to an aromatic ring is 1. The average Bonchev–Trinajstić information content (AvgIpc) is 2.79. The summed E-state index contributed by atoms with van der Waals surface area (Å²) in [5, 5.41) is -0.155. The van der Waals surface area contributed by atoms with Gasteiger partial charge < -0.3 is 10.6 Å². The first-order valence-electron chi connectivity index (χ1n) is 6.61. The smallest absolute Gasteiger partial charge is 0.244 e. The van der Waals surface area contributed by atoms with Gasteiger partial charge in [0.25, 0.3) is 0 Å². The Balaban J connectivity index is 2.23. The number of hydrogen-bond acceptors (Lipinski definition) is 4. The van der Waals surface area contributed by atoms with Crippen LogP contribution in [0.4, 0.5) is 10.1 Å². The van der Waals surface area contributed by atoms with E-state index in [2.05, 4.69) is 4.90 Å². The fourth-order valence-corrected chi connectivity index (χ4v) is 4.31. The molecule has 0 aromatic heterocycles. The lowest BCUT2D eigenvalue weighted by Gasteiger charge is -2.21. The van der Waals surface area contributed by atoms with Crippen molar-refractivity contribution in [3.8, 4) is 0 Å². The van der Waals surface area contributed by atoms with Gasteiger partial charge >= 0.3 is 0 Å². The highest BCUT2D eigenvalue weighted by Crippen LogP contribution is 2.29. The first-order valence-corrected chi connectivity index (χ1v) is 8.43. The van der Waals surface area contributed by atoms with Crippen LogP contribution < -0.4 is 5.73 Å². The molecule has 1 fully saturated rings. The molecule has 118 valence electrons. The van der Waals surface area contributed by atoms with Gasteiger partial charge in [-0.25, -0.2) is 17.1 Å². The number of halogens is 2. The normalized spacial score (nSPS) is 20.3. The second kappa shape index (κ2) is 6.08. The van der Waals surface area contributed by atoms with E-state index >= 15 is 0 Å². The lowest BCUT2D eigenvalue weighted by molar-refractivity contribution is 0.357. The second-order valence-electron chi connectivity index (χ2n) is 5.51. The molecule has 1 atom stereocenters. The van der Waals surface area contributed by atoms with Crippen molar-refractivity contribution >= 4 is 27.3 Å². The van der Waals surface area contributed by atoms with Crippen LogP contribution >= 0.6 is 11.6 Å². The van der Waals surface area contributed by atoms with E-state index in [0.717, 1.165) is 31.6 Å². The van der Waals surface area contributed by atoms with Crippen molar-refractivity contribution in [2.45, 2.75) is 11.3 Å². The molecule has 1 aromatic rings. The van der Waals surface area contributed by atoms with Crippen molar-refractivity contribution < 1.29 is 12.8 Å². The molecule has 2 rings (SSSR count). The summed E-state index contributed by atoms with van der Waals surface area (Å²) in [6.45, 7) is 2.22. The van der Waals surface area contributed by atoms with E-state index in [-0.39, 0.29) is 21.5 Å². The Kier molecular flexibility index (Phi) is 4.77. The van der Waals surface area contributed by atoms with Crippen molar-refractivity contribution in [3.05, 3.63) is 23.0 Å². The Morgan fingerprint density at radius 3 is 2.76 bits per heavy atom. The Hall–Kier alpha value is -0.890. The van der Waals surface area contributed by atoms with Crippen LogP contribution in [0.15, 0.2) is 17.0 Å². The first kappa shape index (κ1) is 16.5. The maximum Gasteiger partial charge on any atom is 0.244 e. The number of sulfonamides is 1. The van der Waals surface area contributed by atoms with Crippen LogP contribution in [-0.2, 0) is 10.0 Å². The first-order chi connectivity index (χ1) is 9.71. The topological polar surface area (TPSA) is 66.6 Å². The van der Waals surface area contributed by atoms with E-state index in [1.165, 1.54) is 11.4 Å². The predicted octanol–water partition coefficient (Wildman–Crippen LogP) is 1.63. The third-order valence-electron chi connectivity index (χ3n) is 3.74. The van der Waals surface area contributed by atoms with E-state index in [1.807, 2.05) is 7.05 Å². The predicted molar refractivity (Wildman–Crippen MR) is 81.2 cm³/mol. The van der Waals surface area contributed by atoms with E-state index in [4.69, 9.17) is 17.3 Å². The van der Waals surface area contributed by atoms with Gasteiger partial charge in [-0.2, -0.15) is 0 Å². The summed E-state index contributed by atoms with van der Waals surface area (Å²) in [7, 11) is -0.268. The van der Waals surface area contributed by atoms with Crippen molar-refractivity contribution in [2.24, 2.45) is 5.92 Å². The molecule has 1 aliphatic heterocycles. The lowest BCUT2D eigenvalue weighted by Crippen LogP contribution is -2.33. The van der Waals surface area contributed by atoms with Gasteiger partial charge in [-0.05, 0) is 38.1 Å². The highest BCUT2D eigenvalue weighted by Gasteiger charge is 2.29. The molecule has 0 bridgehead atoms. The number of hydrogen-bond donors (Lipinski definition) is 1. The van der Waals surface area contributed by atoms with E-state index in [9.17, 15) is 12.8 Å². The molecule has 1 heterocycles. The molecular weight excluding hydrogens is 317 g/mol. The molecule has 8 heteroatoms. The van der Waals surface area contributed by atoms with Crippen LogP contribution in [0.2, 0.25) is 5.02 Å². The van der Waals surface area contributed by atoms with Gasteiger partial charge in [-0.3, -0.25) is 0 Å². The highest BCUT2D eigenvalue weighted by molar-refractivity contribution is 7.89. The van der Waals surface area contributed by atoms with Crippen LogP contribution in [0.1, 0.15) is 6.42 Å². The van der Waals surface area contributed by atoms with Crippen LogP contribution in [-0.4, -0.2) is 51.4 Å². The zero-order valence-corrected chi connectivity index (χ0v) is 13.6. The number of likely N-dealkylation sites (tertiary alicyclic amines) is 1. The maximum atomic E-state index is 13.3. The SMILES string of the molecule is CN1CCC(CN(C)S(=O)(=O)c2cc(N)c(F)cc2Cl)C1. The Morgan fingerprint density at radius 1 is 1.52 bits per heavy atom. The molecule has 0 radical (unpaired) electrons. The Labute approximate surface area is 129 Å². The number of rotatable bonds is 4. The highest BCUT2D eigenvalue weighted by atomic mass is 35.5. The third kappa shape index (κ3) is 3.48. The molecule has 2 N–H and O–H groups in total. The molecule has 21 heavy (non-hydrogen) atoms. The zero-order valence-electron chi connectivity index (χ0n) is 12.0. The van der Waals surface area contributed by atoms with Gasteiger partial charge in [0.15, 0.2) is 0 Å². The van der Waals surface area contributed by atoms with Gasteiger partial charge in [-0.1, -0.05) is 11.6 Å². The minimum Gasteiger partial charge on any atom is -0.396 e. The number of benzene rings is 1. The van der Waals surface area contributed by atoms with E-state index in [1.54, 1.807) is 0 Å². The van der Waals surface area contributed by atoms with Gasteiger partial charge in [-0.15, -0.1) is 0 Å². The van der Waals surface area contributed by atoms with Gasteiger partial charge in [0.05, 0.1) is 10.7 Å². The van der Waals surface area contributed by atoms with Crippen LogP contribution in [0.25, 0.3) is 0 Å². The molecule has 1 saturated heterocycles. The number of nitrogens with two attached hydrogens (primary N) is 1. The molecule has 1 aliphatic rings. The average molecular weight is 336 g/mol. The molecule has 1 unspecified atom stereocenters. The zero-order chi connectivity index (χ0) is 15.8. The second-order valence-corrected chi connectivity index (χ2v) is 7.93. The third-order valence-corrected chi connectivity index (χ3v) is 6.03. The van der Waals surface area contributed by atoms with Crippen LogP contribution in [0.5, 0.6) is 0 Å². The van der Waals surface area contributed by atoms with Gasteiger partial charge in [0.2, 0.25) is 10.0 Å². The van der Waals surface area contributed by atoms with Crippen molar-refractivity contribution in [1.29, 1.82) is 0 Å². The molecule has 1 aromatic carbocycles. The maximum absolute atomic E-state index is 13.3. The molecular formula is C13H19ClFN3O2S. The number of anilines is 1. The Bertz CT molecular complexity index is 639. The quantitative estimate of drug-likeness (QED) is 0.849. The van der Waals surface area contributed by atoms with Crippen LogP contribution in [0.3, 0.4) is 0 Å². The largest absolute Gasteiger partial charge is 0.396 e. The Morgan fingerprint density at radius 2 is 2.19 bits per heavy atom. The monoisotopic (exact) mass is 335 g/mol. The molecule has 0 amide bonds. The van der Waals surface area contributed by atoms with Crippen molar-refractivity contribution in [1.82, 2.24) is 9.21 Å². The molecule has 0 saturated carbocycles. The number of nitrogens with zero attached hydrogens (tertiary/aromatic N) is 2. The summed E-state index contributed by atoms with van der Waals surface area (Å²) < 4.78 is 39.6. The fourth-order valence-electron chi connectivity index (χ4n) is 2.55. The van der Waals surface area contributed by atoms with Gasteiger partial charge in [0.1, 0.15) is 10.7 Å². The lowest BCUT2D eigenvalue weighted by atomic mass is 10.1. The summed E-state index contributed by atoms with van der Waals surface area (Å²) in [5.41, 5.74) is 5.22. The summed E-state index contributed by atoms with van der Waals surface area (Å²) in [4.78, 5) is 2.01. The van der Waals surface area contributed by atoms with Crippen molar-refractivity contribution in [3.63, 3.8) is 0 Å². The minimum atomic E-state index is -3.78. The van der Waals surface area contributed by atoms with Crippen molar-refractivity contribution in [2.75, 3.05) is 39.5 Å². The standard InChI is InChI=1S/C13H19ClFN3O2S/c1-17-4-3-9(7-17)8-18(2)21(19,20)13-6-12(16)11(15)5-10(13)14/h5-6,9H,3-4,7-8,16H2,1-2H3. The summed E-state index contributed by atoms with van der Waals surface area (Å²) in [5.74, 6) is -0.439. The van der Waals surface area contributed by atoms with Crippen LogP contribution in [0, 0.1) is 11.7 Å². The van der Waals surface area contributed by atoms with E-state index < -0.39 is 15.8 Å². The molecule has 0 spiro atoms. The summed E-state index contributed by atoms with van der Waals surface area (Å²) in [6, 6.07) is 2.01. The van der Waals surface area contributed by atoms with Gasteiger partial charge in [0, 0.05) is 20.1 Å². The summed E-state index contributed by atoms with van der Waals surface area (Å²) in [6.07, 6.45) is 0.954. The van der Waals surface area contributed by atoms with E-state index in [0.29, 0.717) is 6.54 Å². The molecule has 5 nitrogen and oxygen atoms in total. The molecule has 0 aliphatic carbocycles.